The van der Waals surface area contributed by atoms with Gasteiger partial charge in [0, 0.05) is 0 Å². The Hall–Kier alpha value is -2.09. The highest BCUT2D eigenvalue weighted by molar-refractivity contribution is 8.00. The second-order valence-corrected chi connectivity index (χ2v) is 5.85. The maximum absolute atomic E-state index is 12.9. The van der Waals surface area contributed by atoms with Crippen LogP contribution in [0.4, 0.5) is 10.3 Å². The molecule has 1 aromatic carbocycles. The number of aromatic nitrogens is 3. The topological polar surface area (TPSA) is 96.7 Å². The molecular formula is C13H16FN5OS. The van der Waals surface area contributed by atoms with E-state index in [-0.39, 0.29) is 29.0 Å². The summed E-state index contributed by atoms with van der Waals surface area (Å²) in [6, 6.07) is 5.82. The zero-order chi connectivity index (χ0) is 15.4. The second-order valence-electron chi connectivity index (χ2n) is 4.55. The van der Waals surface area contributed by atoms with Crippen molar-refractivity contribution in [3.8, 4) is 0 Å². The number of hydrogen-bond acceptors (Lipinski definition) is 5. The summed E-state index contributed by atoms with van der Waals surface area (Å²) in [7, 11) is 0. The third kappa shape index (κ3) is 4.19. The zero-order valence-electron chi connectivity index (χ0n) is 11.6. The van der Waals surface area contributed by atoms with Gasteiger partial charge in [-0.3, -0.25) is 4.79 Å². The van der Waals surface area contributed by atoms with Gasteiger partial charge in [-0.2, -0.15) is 4.98 Å². The highest BCUT2D eigenvalue weighted by atomic mass is 32.2. The summed E-state index contributed by atoms with van der Waals surface area (Å²) in [4.78, 5) is 16.0. The first-order chi connectivity index (χ1) is 9.95. The molecule has 6 nitrogen and oxygen atoms in total. The molecular weight excluding hydrogens is 293 g/mol. The fraction of sp³-hybridized carbons (Fsp3) is 0.308. The van der Waals surface area contributed by atoms with Crippen LogP contribution in [0.5, 0.6) is 0 Å². The van der Waals surface area contributed by atoms with E-state index in [0.29, 0.717) is 5.16 Å². The van der Waals surface area contributed by atoms with Crippen LogP contribution in [-0.4, -0.2) is 26.3 Å². The molecule has 112 valence electrons. The van der Waals surface area contributed by atoms with Gasteiger partial charge in [0.2, 0.25) is 17.0 Å². The van der Waals surface area contributed by atoms with Crippen molar-refractivity contribution in [3.05, 3.63) is 35.6 Å². The van der Waals surface area contributed by atoms with Crippen LogP contribution in [-0.2, 0) is 4.79 Å². The Morgan fingerprint density at radius 2 is 2.05 bits per heavy atom. The molecule has 0 saturated carbocycles. The van der Waals surface area contributed by atoms with Crippen molar-refractivity contribution in [2.75, 3.05) is 5.73 Å². The summed E-state index contributed by atoms with van der Waals surface area (Å²) in [6.07, 6.45) is 0. The van der Waals surface area contributed by atoms with Crippen LogP contribution < -0.4 is 11.1 Å². The van der Waals surface area contributed by atoms with E-state index in [1.54, 1.807) is 19.1 Å². The van der Waals surface area contributed by atoms with Crippen LogP contribution in [0, 0.1) is 5.82 Å². The lowest BCUT2D eigenvalue weighted by Gasteiger charge is -2.17. The van der Waals surface area contributed by atoms with Crippen LogP contribution in [0.15, 0.2) is 29.4 Å². The lowest BCUT2D eigenvalue weighted by molar-refractivity contribution is -0.120. The van der Waals surface area contributed by atoms with Gasteiger partial charge in [0.05, 0.1) is 11.3 Å². The molecule has 0 aliphatic heterocycles. The number of anilines is 1. The van der Waals surface area contributed by atoms with E-state index in [4.69, 9.17) is 5.73 Å². The van der Waals surface area contributed by atoms with Crippen molar-refractivity contribution in [2.24, 2.45) is 0 Å². The van der Waals surface area contributed by atoms with Gasteiger partial charge in [0.1, 0.15) is 5.82 Å². The largest absolute Gasteiger partial charge is 0.368 e. The second kappa shape index (κ2) is 6.57. The minimum atomic E-state index is -0.372. The average molecular weight is 309 g/mol. The molecule has 1 aromatic heterocycles. The van der Waals surface area contributed by atoms with Gasteiger partial charge in [-0.15, -0.1) is 5.10 Å². The van der Waals surface area contributed by atoms with Crippen molar-refractivity contribution >= 4 is 23.6 Å². The summed E-state index contributed by atoms with van der Waals surface area (Å²) in [5, 5.41) is 9.29. The van der Waals surface area contributed by atoms with Gasteiger partial charge in [0.25, 0.3) is 0 Å². The lowest BCUT2D eigenvalue weighted by Crippen LogP contribution is -2.33. The van der Waals surface area contributed by atoms with E-state index < -0.39 is 0 Å². The summed E-state index contributed by atoms with van der Waals surface area (Å²) < 4.78 is 12.9. The Labute approximate surface area is 125 Å². The van der Waals surface area contributed by atoms with E-state index in [1.165, 1.54) is 23.9 Å². The van der Waals surface area contributed by atoms with Crippen molar-refractivity contribution in [2.45, 2.75) is 30.3 Å². The van der Waals surface area contributed by atoms with Gasteiger partial charge in [-0.25, -0.2) is 9.49 Å². The van der Waals surface area contributed by atoms with E-state index >= 15 is 0 Å². The molecule has 0 saturated heterocycles. The number of rotatable bonds is 5. The summed E-state index contributed by atoms with van der Waals surface area (Å²) in [5.74, 6) is -0.242. The Bertz CT molecular complexity index is 615. The number of halogens is 1. The minimum absolute atomic E-state index is 0.153. The molecule has 2 atom stereocenters. The smallest absolute Gasteiger partial charge is 0.233 e. The minimum Gasteiger partial charge on any atom is -0.368 e. The number of benzene rings is 1. The molecule has 21 heavy (non-hydrogen) atoms. The molecule has 0 fully saturated rings. The molecule has 1 amide bonds. The SMILES string of the molecule is C[C@H](Sc1n[nH]c(N)n1)C(=O)N[C@H](C)c1ccc(F)cc1. The molecule has 1 heterocycles. The number of amides is 1. The lowest BCUT2D eigenvalue weighted by atomic mass is 10.1. The van der Waals surface area contributed by atoms with Crippen LogP contribution in [0.2, 0.25) is 0 Å². The fourth-order valence-corrected chi connectivity index (χ4v) is 2.43. The highest BCUT2D eigenvalue weighted by Gasteiger charge is 2.19. The molecule has 0 bridgehead atoms. The van der Waals surface area contributed by atoms with E-state index in [0.717, 1.165) is 5.56 Å². The molecule has 0 aliphatic carbocycles. The normalized spacial score (nSPS) is 13.7. The number of nitrogens with two attached hydrogens (primary N) is 1. The van der Waals surface area contributed by atoms with Crippen LogP contribution in [0.1, 0.15) is 25.5 Å². The summed E-state index contributed by atoms with van der Waals surface area (Å²) in [6.45, 7) is 3.59. The Morgan fingerprint density at radius 1 is 1.38 bits per heavy atom. The molecule has 0 spiro atoms. The number of carbonyl (C=O) groups is 1. The average Bonchev–Trinajstić information content (AvgIpc) is 2.84. The molecule has 2 rings (SSSR count). The number of thioether (sulfide) groups is 1. The van der Waals surface area contributed by atoms with Gasteiger partial charge < -0.3 is 11.1 Å². The van der Waals surface area contributed by atoms with Crippen molar-refractivity contribution < 1.29 is 9.18 Å². The number of H-pyrrole nitrogens is 1. The van der Waals surface area contributed by atoms with Crippen LogP contribution in [0.3, 0.4) is 0 Å². The number of nitrogen functional groups attached to an aromatic ring is 1. The first kappa shape index (κ1) is 15.3. The first-order valence-electron chi connectivity index (χ1n) is 6.36. The van der Waals surface area contributed by atoms with Crippen molar-refractivity contribution in [1.29, 1.82) is 0 Å². The van der Waals surface area contributed by atoms with Crippen LogP contribution in [0.25, 0.3) is 0 Å². The highest BCUT2D eigenvalue weighted by Crippen LogP contribution is 2.21. The Kier molecular flexibility index (Phi) is 4.79. The number of carbonyl (C=O) groups excluding carboxylic acids is 1. The van der Waals surface area contributed by atoms with E-state index in [9.17, 15) is 9.18 Å². The maximum atomic E-state index is 12.9. The monoisotopic (exact) mass is 309 g/mol. The molecule has 0 radical (unpaired) electrons. The van der Waals surface area contributed by atoms with Crippen LogP contribution >= 0.6 is 11.8 Å². The molecule has 0 unspecified atom stereocenters. The quantitative estimate of drug-likeness (QED) is 0.733. The summed E-state index contributed by atoms with van der Waals surface area (Å²) >= 11 is 1.21. The molecule has 4 N–H and O–H groups in total. The van der Waals surface area contributed by atoms with Gasteiger partial charge >= 0.3 is 0 Å². The molecule has 2 aromatic rings. The predicted octanol–water partition coefficient (Wildman–Crippen LogP) is 1.88. The van der Waals surface area contributed by atoms with E-state index in [2.05, 4.69) is 20.5 Å². The van der Waals surface area contributed by atoms with Gasteiger partial charge in [-0.1, -0.05) is 23.9 Å². The third-order valence-electron chi connectivity index (χ3n) is 2.86. The zero-order valence-corrected chi connectivity index (χ0v) is 12.4. The number of hydrogen-bond donors (Lipinski definition) is 3. The molecule has 8 heteroatoms. The summed E-state index contributed by atoms with van der Waals surface area (Å²) in [5.41, 5.74) is 6.26. The predicted molar refractivity (Wildman–Crippen MR) is 79.1 cm³/mol. The van der Waals surface area contributed by atoms with Crippen molar-refractivity contribution in [1.82, 2.24) is 20.5 Å². The fourth-order valence-electron chi connectivity index (χ4n) is 1.69. The van der Waals surface area contributed by atoms with Gasteiger partial charge in [0.15, 0.2) is 0 Å². The third-order valence-corrected chi connectivity index (χ3v) is 3.82. The maximum Gasteiger partial charge on any atom is 0.233 e. The van der Waals surface area contributed by atoms with E-state index in [1.807, 2.05) is 6.92 Å². The number of nitrogens with one attached hydrogen (secondary N) is 2. The number of nitrogens with zero attached hydrogens (tertiary/aromatic N) is 2. The standard InChI is InChI=1S/C13H16FN5OS/c1-7(9-3-5-10(14)6-4-9)16-11(20)8(2)21-13-17-12(15)18-19-13/h3-8H,1-2H3,(H,16,20)(H3,15,17,18,19)/t7-,8+/m1/s1. The van der Waals surface area contributed by atoms with Crippen molar-refractivity contribution in [3.63, 3.8) is 0 Å². The Balaban J connectivity index is 1.92. The first-order valence-corrected chi connectivity index (χ1v) is 7.24. The van der Waals surface area contributed by atoms with Gasteiger partial charge in [-0.05, 0) is 31.5 Å². The Morgan fingerprint density at radius 3 is 2.62 bits per heavy atom. The number of aromatic amines is 1. The molecule has 0 aliphatic rings.